The molecular formula is C15H22BrNO3. The molecule has 0 spiro atoms. The van der Waals surface area contributed by atoms with Crippen LogP contribution in [0.25, 0.3) is 0 Å². The lowest BCUT2D eigenvalue weighted by molar-refractivity contribution is 0.108. The summed E-state index contributed by atoms with van der Waals surface area (Å²) in [4.78, 5) is 0. The van der Waals surface area contributed by atoms with Gasteiger partial charge in [0.25, 0.3) is 0 Å². The normalized spacial score (nSPS) is 13.2. The van der Waals surface area contributed by atoms with Gasteiger partial charge in [-0.25, -0.2) is 0 Å². The molecule has 4 nitrogen and oxygen atoms in total. The molecule has 1 aromatic rings. The topological polar surface area (TPSA) is 39.7 Å². The third kappa shape index (κ3) is 4.65. The molecule has 0 saturated carbocycles. The first-order valence-corrected chi connectivity index (χ1v) is 7.82. The molecule has 0 fully saturated rings. The van der Waals surface area contributed by atoms with Crippen LogP contribution in [-0.2, 0) is 11.3 Å². The van der Waals surface area contributed by atoms with E-state index in [4.69, 9.17) is 14.2 Å². The number of hydrogen-bond donors (Lipinski definition) is 1. The zero-order valence-electron chi connectivity index (χ0n) is 12.1. The molecule has 1 heterocycles. The molecule has 0 aliphatic carbocycles. The number of rotatable bonds is 8. The van der Waals surface area contributed by atoms with Gasteiger partial charge in [-0.1, -0.05) is 13.8 Å². The lowest BCUT2D eigenvalue weighted by Crippen LogP contribution is -2.17. The van der Waals surface area contributed by atoms with Gasteiger partial charge in [-0.2, -0.15) is 0 Å². The van der Waals surface area contributed by atoms with E-state index in [9.17, 15) is 0 Å². The summed E-state index contributed by atoms with van der Waals surface area (Å²) in [6, 6.07) is 4.09. The number of fused-ring (bicyclic) bond motifs is 1. The SMILES string of the molecule is CC(C)COCCCNCc1cc(Br)c2c(c1)OCO2. The zero-order chi connectivity index (χ0) is 14.4. The van der Waals surface area contributed by atoms with E-state index in [1.807, 2.05) is 6.07 Å². The molecule has 20 heavy (non-hydrogen) atoms. The Bertz CT molecular complexity index is 437. The number of benzene rings is 1. The predicted octanol–water partition coefficient (Wildman–Crippen LogP) is 3.33. The van der Waals surface area contributed by atoms with Gasteiger partial charge >= 0.3 is 0 Å². The quantitative estimate of drug-likeness (QED) is 0.735. The molecule has 1 aliphatic rings. The Hall–Kier alpha value is -0.780. The van der Waals surface area contributed by atoms with E-state index in [0.29, 0.717) is 12.7 Å². The van der Waals surface area contributed by atoms with Crippen LogP contribution in [0.1, 0.15) is 25.8 Å². The molecular weight excluding hydrogens is 322 g/mol. The Morgan fingerprint density at radius 3 is 3.00 bits per heavy atom. The third-order valence-corrected chi connectivity index (χ3v) is 3.50. The Morgan fingerprint density at radius 2 is 2.20 bits per heavy atom. The second kappa shape index (κ2) is 7.86. The van der Waals surface area contributed by atoms with E-state index in [-0.39, 0.29) is 0 Å². The van der Waals surface area contributed by atoms with Crippen LogP contribution in [0.2, 0.25) is 0 Å². The number of nitrogens with one attached hydrogen (secondary N) is 1. The Balaban J connectivity index is 1.66. The smallest absolute Gasteiger partial charge is 0.231 e. The molecule has 0 unspecified atom stereocenters. The van der Waals surface area contributed by atoms with Crippen molar-refractivity contribution in [3.63, 3.8) is 0 Å². The van der Waals surface area contributed by atoms with Crippen molar-refractivity contribution in [2.24, 2.45) is 5.92 Å². The first kappa shape index (κ1) is 15.6. The maximum absolute atomic E-state index is 5.54. The maximum atomic E-state index is 5.54. The van der Waals surface area contributed by atoms with E-state index in [0.717, 1.165) is 48.7 Å². The summed E-state index contributed by atoms with van der Waals surface area (Å²) in [5.74, 6) is 2.22. The molecule has 2 rings (SSSR count). The van der Waals surface area contributed by atoms with Crippen LogP contribution >= 0.6 is 15.9 Å². The van der Waals surface area contributed by atoms with E-state index in [1.54, 1.807) is 0 Å². The fourth-order valence-electron chi connectivity index (χ4n) is 1.97. The van der Waals surface area contributed by atoms with Crippen molar-refractivity contribution in [2.75, 3.05) is 26.6 Å². The van der Waals surface area contributed by atoms with Gasteiger partial charge in [0.15, 0.2) is 11.5 Å². The predicted molar refractivity (Wildman–Crippen MR) is 82.2 cm³/mol. The third-order valence-electron chi connectivity index (χ3n) is 2.91. The van der Waals surface area contributed by atoms with Crippen LogP contribution in [-0.4, -0.2) is 26.6 Å². The monoisotopic (exact) mass is 343 g/mol. The van der Waals surface area contributed by atoms with E-state index < -0.39 is 0 Å². The highest BCUT2D eigenvalue weighted by molar-refractivity contribution is 9.10. The van der Waals surface area contributed by atoms with Gasteiger partial charge in [0.1, 0.15) is 0 Å². The molecule has 5 heteroatoms. The fourth-order valence-corrected chi connectivity index (χ4v) is 2.58. The molecule has 0 radical (unpaired) electrons. The van der Waals surface area contributed by atoms with Crippen LogP contribution in [0.3, 0.4) is 0 Å². The highest BCUT2D eigenvalue weighted by Gasteiger charge is 2.17. The summed E-state index contributed by atoms with van der Waals surface area (Å²) in [5, 5.41) is 3.41. The highest BCUT2D eigenvalue weighted by atomic mass is 79.9. The number of ether oxygens (including phenoxy) is 3. The van der Waals surface area contributed by atoms with Gasteiger partial charge in [-0.15, -0.1) is 0 Å². The lowest BCUT2D eigenvalue weighted by Gasteiger charge is -2.09. The second-order valence-corrected chi connectivity index (χ2v) is 6.16. The lowest BCUT2D eigenvalue weighted by atomic mass is 10.2. The van der Waals surface area contributed by atoms with Gasteiger partial charge in [-0.05, 0) is 52.5 Å². The van der Waals surface area contributed by atoms with Crippen molar-refractivity contribution in [2.45, 2.75) is 26.8 Å². The molecule has 0 atom stereocenters. The fraction of sp³-hybridized carbons (Fsp3) is 0.600. The van der Waals surface area contributed by atoms with Crippen molar-refractivity contribution < 1.29 is 14.2 Å². The maximum Gasteiger partial charge on any atom is 0.231 e. The van der Waals surface area contributed by atoms with Crippen LogP contribution in [0.4, 0.5) is 0 Å². The minimum Gasteiger partial charge on any atom is -0.454 e. The largest absolute Gasteiger partial charge is 0.454 e. The van der Waals surface area contributed by atoms with Crippen molar-refractivity contribution in [1.82, 2.24) is 5.32 Å². The molecule has 112 valence electrons. The minimum atomic E-state index is 0.304. The summed E-state index contributed by atoms with van der Waals surface area (Å²) >= 11 is 3.50. The molecule has 1 N–H and O–H groups in total. The zero-order valence-corrected chi connectivity index (χ0v) is 13.7. The molecule has 1 aromatic carbocycles. The molecule has 0 aromatic heterocycles. The molecule has 0 saturated heterocycles. The Labute approximate surface area is 128 Å². The summed E-state index contributed by atoms with van der Waals surface area (Å²) in [5.41, 5.74) is 1.18. The number of halogens is 1. The summed E-state index contributed by atoms with van der Waals surface area (Å²) in [6.07, 6.45) is 1.03. The van der Waals surface area contributed by atoms with Crippen molar-refractivity contribution >= 4 is 15.9 Å². The van der Waals surface area contributed by atoms with Crippen molar-refractivity contribution in [1.29, 1.82) is 0 Å². The van der Waals surface area contributed by atoms with Crippen LogP contribution in [0.15, 0.2) is 16.6 Å². The van der Waals surface area contributed by atoms with Gasteiger partial charge in [0.05, 0.1) is 4.47 Å². The molecule has 0 amide bonds. The van der Waals surface area contributed by atoms with Gasteiger partial charge < -0.3 is 19.5 Å². The standard InChI is InChI=1S/C15H22BrNO3/c1-11(2)9-18-5-3-4-17-8-12-6-13(16)15-14(7-12)19-10-20-15/h6-7,11,17H,3-5,8-10H2,1-2H3. The van der Waals surface area contributed by atoms with Crippen LogP contribution < -0.4 is 14.8 Å². The Kier molecular flexibility index (Phi) is 6.13. The van der Waals surface area contributed by atoms with E-state index in [1.165, 1.54) is 5.56 Å². The van der Waals surface area contributed by atoms with Gasteiger partial charge in [0.2, 0.25) is 6.79 Å². The number of hydrogen-bond acceptors (Lipinski definition) is 4. The summed E-state index contributed by atoms with van der Waals surface area (Å²) in [6.45, 7) is 8.05. The first-order chi connectivity index (χ1) is 9.66. The average Bonchev–Trinajstić information content (AvgIpc) is 2.86. The summed E-state index contributed by atoms with van der Waals surface area (Å²) < 4.78 is 17.3. The van der Waals surface area contributed by atoms with Crippen molar-refractivity contribution in [3.05, 3.63) is 22.2 Å². The first-order valence-electron chi connectivity index (χ1n) is 7.03. The average molecular weight is 344 g/mol. The van der Waals surface area contributed by atoms with E-state index >= 15 is 0 Å². The van der Waals surface area contributed by atoms with Crippen LogP contribution in [0, 0.1) is 5.92 Å². The molecule has 0 bridgehead atoms. The van der Waals surface area contributed by atoms with E-state index in [2.05, 4.69) is 41.2 Å². The van der Waals surface area contributed by atoms with Gasteiger partial charge in [0, 0.05) is 19.8 Å². The minimum absolute atomic E-state index is 0.304. The summed E-state index contributed by atoms with van der Waals surface area (Å²) in [7, 11) is 0. The Morgan fingerprint density at radius 1 is 1.35 bits per heavy atom. The highest BCUT2D eigenvalue weighted by Crippen LogP contribution is 2.39. The van der Waals surface area contributed by atoms with Gasteiger partial charge in [-0.3, -0.25) is 0 Å². The molecule has 1 aliphatic heterocycles. The second-order valence-electron chi connectivity index (χ2n) is 5.31. The van der Waals surface area contributed by atoms with Crippen LogP contribution in [0.5, 0.6) is 11.5 Å². The van der Waals surface area contributed by atoms with Crippen molar-refractivity contribution in [3.8, 4) is 11.5 Å².